The molecule has 2 nitrogen and oxygen atoms in total. The number of hydrogen-bond donors (Lipinski definition) is 1. The van der Waals surface area contributed by atoms with Crippen molar-refractivity contribution in [2.24, 2.45) is 0 Å². The number of likely N-dealkylation sites (tertiary alicyclic amines) is 1. The SMILES string of the molecule is C[C@H](c1ccccc1)N1CC(c2cc(Cl)ccc2O)C(c2ccccc2Br)C1. The van der Waals surface area contributed by atoms with E-state index in [0.29, 0.717) is 16.8 Å². The number of hydrogen-bond acceptors (Lipinski definition) is 2. The highest BCUT2D eigenvalue weighted by molar-refractivity contribution is 9.10. The molecule has 1 aliphatic rings. The summed E-state index contributed by atoms with van der Waals surface area (Å²) < 4.78 is 1.11. The van der Waals surface area contributed by atoms with Crippen molar-refractivity contribution >= 4 is 27.5 Å². The molecule has 1 aliphatic heterocycles. The lowest BCUT2D eigenvalue weighted by atomic mass is 9.84. The Kier molecular flexibility index (Phi) is 5.77. The van der Waals surface area contributed by atoms with Crippen LogP contribution in [0.3, 0.4) is 0 Å². The molecule has 4 heteroatoms. The minimum atomic E-state index is 0.170. The van der Waals surface area contributed by atoms with E-state index in [2.05, 4.69) is 76.3 Å². The van der Waals surface area contributed by atoms with E-state index in [1.807, 2.05) is 12.1 Å². The highest BCUT2D eigenvalue weighted by Gasteiger charge is 2.39. The molecule has 1 N–H and O–H groups in total. The average molecular weight is 457 g/mol. The first kappa shape index (κ1) is 19.5. The van der Waals surface area contributed by atoms with Crippen LogP contribution in [-0.4, -0.2) is 23.1 Å². The molecule has 0 saturated carbocycles. The van der Waals surface area contributed by atoms with Crippen LogP contribution in [0.5, 0.6) is 5.75 Å². The number of benzene rings is 3. The molecule has 3 aromatic carbocycles. The molecule has 1 heterocycles. The Bertz CT molecular complexity index is 962. The Hall–Kier alpha value is -1.81. The molecular weight excluding hydrogens is 434 g/mol. The first-order chi connectivity index (χ1) is 13.5. The molecule has 4 rings (SSSR count). The van der Waals surface area contributed by atoms with Gasteiger partial charge in [0.2, 0.25) is 0 Å². The van der Waals surface area contributed by atoms with Crippen LogP contribution in [-0.2, 0) is 0 Å². The van der Waals surface area contributed by atoms with Gasteiger partial charge in [-0.25, -0.2) is 0 Å². The van der Waals surface area contributed by atoms with E-state index in [1.54, 1.807) is 12.1 Å². The van der Waals surface area contributed by atoms with Gasteiger partial charge in [-0.3, -0.25) is 4.90 Å². The van der Waals surface area contributed by atoms with E-state index >= 15 is 0 Å². The lowest BCUT2D eigenvalue weighted by Crippen LogP contribution is -2.24. The van der Waals surface area contributed by atoms with Crippen LogP contribution in [0.15, 0.2) is 77.3 Å². The van der Waals surface area contributed by atoms with E-state index in [1.165, 1.54) is 11.1 Å². The van der Waals surface area contributed by atoms with Gasteiger partial charge in [0.15, 0.2) is 0 Å². The fraction of sp³-hybridized carbons (Fsp3) is 0.250. The van der Waals surface area contributed by atoms with Gasteiger partial charge >= 0.3 is 0 Å². The van der Waals surface area contributed by atoms with E-state index in [9.17, 15) is 5.11 Å². The quantitative estimate of drug-likeness (QED) is 0.469. The number of halogens is 2. The number of phenols is 1. The lowest BCUT2D eigenvalue weighted by Gasteiger charge is -2.25. The summed E-state index contributed by atoms with van der Waals surface area (Å²) in [6, 6.07) is 24.7. The third-order valence-electron chi connectivity index (χ3n) is 5.87. The maximum Gasteiger partial charge on any atom is 0.119 e. The topological polar surface area (TPSA) is 23.5 Å². The Labute approximate surface area is 179 Å². The van der Waals surface area contributed by atoms with Gasteiger partial charge in [0.25, 0.3) is 0 Å². The van der Waals surface area contributed by atoms with Gasteiger partial charge in [0.1, 0.15) is 5.75 Å². The third kappa shape index (κ3) is 3.84. The Morgan fingerprint density at radius 1 is 0.929 bits per heavy atom. The van der Waals surface area contributed by atoms with Crippen molar-refractivity contribution in [2.45, 2.75) is 24.8 Å². The molecule has 0 aromatic heterocycles. The summed E-state index contributed by atoms with van der Waals surface area (Å²) in [7, 11) is 0. The normalized spacial score (nSPS) is 21.0. The highest BCUT2D eigenvalue weighted by Crippen LogP contribution is 2.47. The molecule has 3 aromatic rings. The van der Waals surface area contributed by atoms with E-state index in [4.69, 9.17) is 11.6 Å². The molecule has 2 unspecified atom stereocenters. The number of phenolic OH excluding ortho intramolecular Hbond substituents is 1. The molecule has 0 spiro atoms. The zero-order chi connectivity index (χ0) is 19.7. The monoisotopic (exact) mass is 455 g/mol. The molecule has 0 aliphatic carbocycles. The second kappa shape index (κ2) is 8.28. The number of aromatic hydroxyl groups is 1. The Morgan fingerprint density at radius 3 is 2.29 bits per heavy atom. The van der Waals surface area contributed by atoms with Crippen LogP contribution in [0.4, 0.5) is 0 Å². The molecule has 28 heavy (non-hydrogen) atoms. The van der Waals surface area contributed by atoms with Gasteiger partial charge in [-0.2, -0.15) is 0 Å². The first-order valence-corrected chi connectivity index (χ1v) is 10.7. The Balaban J connectivity index is 1.73. The van der Waals surface area contributed by atoms with Gasteiger partial charge < -0.3 is 5.11 Å². The minimum absolute atomic E-state index is 0.170. The van der Waals surface area contributed by atoms with Crippen molar-refractivity contribution in [3.63, 3.8) is 0 Å². The minimum Gasteiger partial charge on any atom is -0.508 e. The molecule has 0 radical (unpaired) electrons. The second-order valence-electron chi connectivity index (χ2n) is 7.48. The van der Waals surface area contributed by atoms with Crippen molar-refractivity contribution < 1.29 is 5.11 Å². The molecule has 0 bridgehead atoms. The first-order valence-electron chi connectivity index (χ1n) is 9.56. The summed E-state index contributed by atoms with van der Waals surface area (Å²) in [4.78, 5) is 2.50. The largest absolute Gasteiger partial charge is 0.508 e. The van der Waals surface area contributed by atoms with Crippen molar-refractivity contribution in [1.29, 1.82) is 0 Å². The van der Waals surface area contributed by atoms with Gasteiger partial charge in [-0.15, -0.1) is 0 Å². The Morgan fingerprint density at radius 2 is 1.57 bits per heavy atom. The van der Waals surface area contributed by atoms with Crippen LogP contribution in [0.25, 0.3) is 0 Å². The summed E-state index contributed by atoms with van der Waals surface area (Å²) >= 11 is 10.0. The van der Waals surface area contributed by atoms with Crippen molar-refractivity contribution in [1.82, 2.24) is 4.90 Å². The zero-order valence-electron chi connectivity index (χ0n) is 15.7. The van der Waals surface area contributed by atoms with Gasteiger partial charge in [-0.1, -0.05) is 76.1 Å². The average Bonchev–Trinajstić information content (AvgIpc) is 3.15. The van der Waals surface area contributed by atoms with Crippen molar-refractivity contribution in [2.75, 3.05) is 13.1 Å². The van der Waals surface area contributed by atoms with Crippen LogP contribution < -0.4 is 0 Å². The molecule has 1 fully saturated rings. The van der Waals surface area contributed by atoms with Crippen molar-refractivity contribution in [3.8, 4) is 5.75 Å². The number of nitrogens with zero attached hydrogens (tertiary/aromatic N) is 1. The zero-order valence-corrected chi connectivity index (χ0v) is 18.1. The molecule has 3 atom stereocenters. The second-order valence-corrected chi connectivity index (χ2v) is 8.77. The molecule has 144 valence electrons. The predicted octanol–water partition coefficient (Wildman–Crippen LogP) is 6.75. The van der Waals surface area contributed by atoms with Gasteiger partial charge in [0.05, 0.1) is 0 Å². The summed E-state index contributed by atoms with van der Waals surface area (Å²) in [5, 5.41) is 11.2. The van der Waals surface area contributed by atoms with Crippen LogP contribution >= 0.6 is 27.5 Å². The van der Waals surface area contributed by atoms with Crippen LogP contribution in [0.1, 0.15) is 41.5 Å². The maximum atomic E-state index is 10.6. The molecular formula is C24H23BrClNO. The van der Waals surface area contributed by atoms with E-state index in [-0.39, 0.29) is 11.8 Å². The fourth-order valence-corrected chi connectivity index (χ4v) is 5.08. The van der Waals surface area contributed by atoms with E-state index in [0.717, 1.165) is 23.1 Å². The van der Waals surface area contributed by atoms with Crippen molar-refractivity contribution in [3.05, 3.63) is 99.0 Å². The van der Waals surface area contributed by atoms with E-state index < -0.39 is 0 Å². The summed E-state index contributed by atoms with van der Waals surface area (Å²) in [6.45, 7) is 4.05. The molecule has 1 saturated heterocycles. The summed E-state index contributed by atoms with van der Waals surface area (Å²) in [6.07, 6.45) is 0. The van der Waals surface area contributed by atoms with Crippen LogP contribution in [0.2, 0.25) is 5.02 Å². The van der Waals surface area contributed by atoms with Gasteiger partial charge in [0, 0.05) is 46.0 Å². The number of rotatable bonds is 4. The van der Waals surface area contributed by atoms with Gasteiger partial charge in [-0.05, 0) is 42.3 Å². The lowest BCUT2D eigenvalue weighted by molar-refractivity contribution is 0.257. The summed E-state index contributed by atoms with van der Waals surface area (Å²) in [5.41, 5.74) is 3.51. The predicted molar refractivity (Wildman–Crippen MR) is 119 cm³/mol. The van der Waals surface area contributed by atoms with Crippen LogP contribution in [0, 0.1) is 0 Å². The standard InChI is InChI=1S/C24H23BrClNO/c1-16(17-7-3-2-4-8-17)27-14-21(19-9-5-6-10-23(19)25)22(15-27)20-13-18(26)11-12-24(20)28/h2-13,16,21-22,28H,14-15H2,1H3/t16-,21?,22?/m1/s1. The molecule has 0 amide bonds. The fourth-order valence-electron chi connectivity index (χ4n) is 4.32. The maximum absolute atomic E-state index is 10.6. The smallest absolute Gasteiger partial charge is 0.119 e. The highest BCUT2D eigenvalue weighted by atomic mass is 79.9. The summed E-state index contributed by atoms with van der Waals surface area (Å²) in [5.74, 6) is 0.760. The third-order valence-corrected chi connectivity index (χ3v) is 6.83.